The van der Waals surface area contributed by atoms with Crippen LogP contribution in [0.25, 0.3) is 0 Å². The molecule has 0 saturated carbocycles. The van der Waals surface area contributed by atoms with Crippen LogP contribution < -0.4 is 0 Å². The zero-order valence-corrected chi connectivity index (χ0v) is 8.70. The molecule has 76 valence electrons. The Morgan fingerprint density at radius 1 is 1.64 bits per heavy atom. The van der Waals surface area contributed by atoms with Crippen LogP contribution in [-0.4, -0.2) is 21.0 Å². The van der Waals surface area contributed by atoms with Crippen molar-refractivity contribution in [3.05, 3.63) is 29.1 Å². The van der Waals surface area contributed by atoms with Crippen molar-refractivity contribution in [3.63, 3.8) is 0 Å². The van der Waals surface area contributed by atoms with Crippen molar-refractivity contribution in [1.29, 1.82) is 0 Å². The maximum Gasteiger partial charge on any atom is 0.0726 e. The fourth-order valence-corrected chi connectivity index (χ4v) is 1.98. The van der Waals surface area contributed by atoms with Gasteiger partial charge in [-0.1, -0.05) is 11.6 Å². The molecule has 1 aliphatic carbocycles. The fourth-order valence-electron chi connectivity index (χ4n) is 1.98. The summed E-state index contributed by atoms with van der Waals surface area (Å²) in [7, 11) is 1.97. The highest BCUT2D eigenvalue weighted by molar-refractivity contribution is 5.21. The first kappa shape index (κ1) is 9.46. The first-order valence-corrected chi connectivity index (χ1v) is 5.02. The quantitative estimate of drug-likeness (QED) is 0.718. The second-order valence-electron chi connectivity index (χ2n) is 4.01. The molecule has 0 radical (unpaired) electrons. The van der Waals surface area contributed by atoms with Gasteiger partial charge < -0.3 is 5.11 Å². The maximum absolute atomic E-state index is 9.35. The van der Waals surface area contributed by atoms with Crippen LogP contribution in [-0.2, 0) is 13.5 Å². The lowest BCUT2D eigenvalue weighted by molar-refractivity contribution is 0.223. The zero-order valence-electron chi connectivity index (χ0n) is 8.70. The van der Waals surface area contributed by atoms with E-state index in [0.717, 1.165) is 25.0 Å². The summed E-state index contributed by atoms with van der Waals surface area (Å²) in [4.78, 5) is 0. The molecule has 1 aromatic rings. The van der Waals surface area contributed by atoms with Gasteiger partial charge in [-0.3, -0.25) is 4.68 Å². The van der Waals surface area contributed by atoms with Crippen LogP contribution in [0.15, 0.2) is 17.7 Å². The SMILES string of the molecule is Cc1cc(CC2=CC(O)CC2)n(C)n1. The average molecular weight is 192 g/mol. The molecule has 0 amide bonds. The summed E-state index contributed by atoms with van der Waals surface area (Å²) in [5.74, 6) is 0. The van der Waals surface area contributed by atoms with Crippen molar-refractivity contribution >= 4 is 0 Å². The van der Waals surface area contributed by atoms with E-state index in [2.05, 4.69) is 11.2 Å². The van der Waals surface area contributed by atoms with Gasteiger partial charge in [0.05, 0.1) is 11.8 Å². The van der Waals surface area contributed by atoms with Gasteiger partial charge in [-0.2, -0.15) is 5.10 Å². The monoisotopic (exact) mass is 192 g/mol. The second-order valence-corrected chi connectivity index (χ2v) is 4.01. The molecule has 0 bridgehead atoms. The van der Waals surface area contributed by atoms with Crippen LogP contribution in [0.5, 0.6) is 0 Å². The van der Waals surface area contributed by atoms with Gasteiger partial charge in [0, 0.05) is 19.2 Å². The Labute approximate surface area is 84.1 Å². The second kappa shape index (κ2) is 3.58. The Hall–Kier alpha value is -1.09. The molecule has 0 fully saturated rings. The van der Waals surface area contributed by atoms with Crippen molar-refractivity contribution in [2.24, 2.45) is 7.05 Å². The Kier molecular flexibility index (Phi) is 2.42. The van der Waals surface area contributed by atoms with Gasteiger partial charge in [-0.05, 0) is 25.8 Å². The molecule has 2 rings (SSSR count). The highest BCUT2D eigenvalue weighted by atomic mass is 16.3. The summed E-state index contributed by atoms with van der Waals surface area (Å²) in [5.41, 5.74) is 3.62. The van der Waals surface area contributed by atoms with Crippen molar-refractivity contribution in [2.75, 3.05) is 0 Å². The van der Waals surface area contributed by atoms with Crippen LogP contribution >= 0.6 is 0 Å². The summed E-state index contributed by atoms with van der Waals surface area (Å²) >= 11 is 0. The maximum atomic E-state index is 9.35. The standard InChI is InChI=1S/C11H16N2O/c1-8-5-10(13(2)12-8)6-9-3-4-11(14)7-9/h5,7,11,14H,3-4,6H2,1-2H3. The number of aliphatic hydroxyl groups is 1. The number of allylic oxidation sites excluding steroid dienone is 1. The highest BCUT2D eigenvalue weighted by Crippen LogP contribution is 2.22. The molecule has 1 heterocycles. The molecule has 0 aliphatic heterocycles. The zero-order chi connectivity index (χ0) is 10.1. The molecule has 0 saturated heterocycles. The van der Waals surface area contributed by atoms with E-state index < -0.39 is 0 Å². The topological polar surface area (TPSA) is 38.0 Å². The molecule has 3 nitrogen and oxygen atoms in total. The molecule has 1 unspecified atom stereocenters. The van der Waals surface area contributed by atoms with Gasteiger partial charge in [0.25, 0.3) is 0 Å². The minimum absolute atomic E-state index is 0.223. The molecule has 1 aliphatic rings. The van der Waals surface area contributed by atoms with Gasteiger partial charge >= 0.3 is 0 Å². The minimum atomic E-state index is -0.223. The van der Waals surface area contributed by atoms with E-state index in [0.29, 0.717) is 0 Å². The van der Waals surface area contributed by atoms with Gasteiger partial charge in [0.2, 0.25) is 0 Å². The Morgan fingerprint density at radius 2 is 2.43 bits per heavy atom. The Bertz CT molecular complexity index is 365. The lowest BCUT2D eigenvalue weighted by Crippen LogP contribution is -1.99. The molecule has 1 N–H and O–H groups in total. The number of aryl methyl sites for hydroxylation is 2. The molecule has 1 atom stereocenters. The third-order valence-electron chi connectivity index (χ3n) is 2.70. The highest BCUT2D eigenvalue weighted by Gasteiger charge is 2.14. The number of hydrogen-bond acceptors (Lipinski definition) is 2. The van der Waals surface area contributed by atoms with E-state index in [1.807, 2.05) is 24.7 Å². The lowest BCUT2D eigenvalue weighted by atomic mass is 10.1. The summed E-state index contributed by atoms with van der Waals surface area (Å²) in [5, 5.41) is 13.7. The van der Waals surface area contributed by atoms with Crippen LogP contribution in [0, 0.1) is 6.92 Å². The van der Waals surface area contributed by atoms with Crippen molar-refractivity contribution in [2.45, 2.75) is 32.3 Å². The summed E-state index contributed by atoms with van der Waals surface area (Å²) in [6.07, 6.45) is 4.58. The normalized spacial score (nSPS) is 21.4. The number of rotatable bonds is 2. The van der Waals surface area contributed by atoms with E-state index in [1.54, 1.807) is 0 Å². The predicted octanol–water partition coefficient (Wildman–Crippen LogP) is 1.35. The first-order chi connectivity index (χ1) is 6.65. The number of hydrogen-bond donors (Lipinski definition) is 1. The molecule has 3 heteroatoms. The van der Waals surface area contributed by atoms with E-state index in [9.17, 15) is 5.11 Å². The van der Waals surface area contributed by atoms with E-state index in [-0.39, 0.29) is 6.10 Å². The number of aliphatic hydroxyl groups excluding tert-OH is 1. The summed E-state index contributed by atoms with van der Waals surface area (Å²) in [6, 6.07) is 2.10. The van der Waals surface area contributed by atoms with Crippen LogP contribution in [0.4, 0.5) is 0 Å². The fraction of sp³-hybridized carbons (Fsp3) is 0.545. The van der Waals surface area contributed by atoms with E-state index >= 15 is 0 Å². The van der Waals surface area contributed by atoms with Crippen LogP contribution in [0.3, 0.4) is 0 Å². The molecule has 0 spiro atoms. The van der Waals surface area contributed by atoms with Crippen molar-refractivity contribution in [1.82, 2.24) is 9.78 Å². The smallest absolute Gasteiger partial charge is 0.0726 e. The molecular formula is C11H16N2O. The third-order valence-corrected chi connectivity index (χ3v) is 2.70. The molecule has 0 aromatic carbocycles. The van der Waals surface area contributed by atoms with Gasteiger partial charge in [0.15, 0.2) is 0 Å². The summed E-state index contributed by atoms with van der Waals surface area (Å²) < 4.78 is 1.92. The van der Waals surface area contributed by atoms with Gasteiger partial charge in [-0.25, -0.2) is 0 Å². The van der Waals surface area contributed by atoms with Crippen LogP contribution in [0.2, 0.25) is 0 Å². The van der Waals surface area contributed by atoms with E-state index in [1.165, 1.54) is 11.3 Å². The third kappa shape index (κ3) is 1.87. The van der Waals surface area contributed by atoms with E-state index in [4.69, 9.17) is 0 Å². The van der Waals surface area contributed by atoms with Gasteiger partial charge in [0.1, 0.15) is 0 Å². The molecular weight excluding hydrogens is 176 g/mol. The van der Waals surface area contributed by atoms with Crippen molar-refractivity contribution in [3.8, 4) is 0 Å². The lowest BCUT2D eigenvalue weighted by Gasteiger charge is -2.01. The summed E-state index contributed by atoms with van der Waals surface area (Å²) in [6.45, 7) is 2.00. The number of aromatic nitrogens is 2. The molecule has 14 heavy (non-hydrogen) atoms. The first-order valence-electron chi connectivity index (χ1n) is 5.02. The minimum Gasteiger partial charge on any atom is -0.389 e. The van der Waals surface area contributed by atoms with Crippen LogP contribution in [0.1, 0.15) is 24.2 Å². The molecule has 1 aromatic heterocycles. The largest absolute Gasteiger partial charge is 0.389 e. The van der Waals surface area contributed by atoms with Gasteiger partial charge in [-0.15, -0.1) is 0 Å². The Morgan fingerprint density at radius 3 is 2.93 bits per heavy atom. The Balaban J connectivity index is 2.11. The van der Waals surface area contributed by atoms with Crippen molar-refractivity contribution < 1.29 is 5.11 Å². The average Bonchev–Trinajstić information content (AvgIpc) is 2.61. The number of nitrogens with zero attached hydrogens (tertiary/aromatic N) is 2. The predicted molar refractivity (Wildman–Crippen MR) is 55.0 cm³/mol.